The minimum absolute atomic E-state index is 0.251. The van der Waals surface area contributed by atoms with Gasteiger partial charge in [0.1, 0.15) is 0 Å². The minimum Gasteiger partial charge on any atom is -0.462 e. The van der Waals surface area contributed by atoms with Gasteiger partial charge in [-0.25, -0.2) is 4.79 Å². The van der Waals surface area contributed by atoms with E-state index in [2.05, 4.69) is 10.6 Å². The second kappa shape index (κ2) is 9.52. The van der Waals surface area contributed by atoms with Crippen LogP contribution in [-0.2, 0) is 4.74 Å². The Kier molecular flexibility index (Phi) is 6.60. The third-order valence-corrected chi connectivity index (χ3v) is 4.42. The van der Waals surface area contributed by atoms with Crippen LogP contribution in [-0.4, -0.2) is 24.4 Å². The average molecular weight is 402 g/mol. The number of ether oxygens (including phenoxy) is 1. The number of nitrogens with one attached hydrogen (secondary N) is 2. The first kappa shape index (κ1) is 20.8. The highest BCUT2D eigenvalue weighted by atomic mass is 16.5. The molecule has 0 saturated carbocycles. The lowest BCUT2D eigenvalue weighted by molar-refractivity contribution is 0.0526. The van der Waals surface area contributed by atoms with Gasteiger partial charge in [0.2, 0.25) is 0 Å². The van der Waals surface area contributed by atoms with Gasteiger partial charge in [0.15, 0.2) is 0 Å². The number of anilines is 2. The zero-order chi connectivity index (χ0) is 21.5. The van der Waals surface area contributed by atoms with Gasteiger partial charge in [-0.1, -0.05) is 30.3 Å². The molecular weight excluding hydrogens is 380 g/mol. The molecule has 0 radical (unpaired) electrons. The van der Waals surface area contributed by atoms with E-state index < -0.39 is 5.97 Å². The highest BCUT2D eigenvalue weighted by Crippen LogP contribution is 2.20. The Labute approximate surface area is 174 Å². The van der Waals surface area contributed by atoms with Crippen LogP contribution < -0.4 is 10.6 Å². The number of carbonyl (C=O) groups is 3. The number of hydrogen-bond acceptors (Lipinski definition) is 4. The summed E-state index contributed by atoms with van der Waals surface area (Å²) in [4.78, 5) is 37.0. The third-order valence-electron chi connectivity index (χ3n) is 4.42. The van der Waals surface area contributed by atoms with Crippen molar-refractivity contribution >= 4 is 29.2 Å². The van der Waals surface area contributed by atoms with Crippen LogP contribution in [0.25, 0.3) is 0 Å². The molecule has 3 rings (SSSR count). The molecule has 0 aromatic heterocycles. The standard InChI is InChI=1S/C24H22N2O4/c1-3-30-24(29)19-10-7-11-20(14-19)25-23(28)18-13-12-16(2)21(15-18)26-22(27)17-8-5-4-6-9-17/h4-15H,3H2,1-2H3,(H,25,28)(H,26,27). The second-order valence-corrected chi connectivity index (χ2v) is 6.61. The maximum Gasteiger partial charge on any atom is 0.338 e. The van der Waals surface area contributed by atoms with Gasteiger partial charge in [0, 0.05) is 22.5 Å². The van der Waals surface area contributed by atoms with Crippen molar-refractivity contribution in [1.29, 1.82) is 0 Å². The van der Waals surface area contributed by atoms with Crippen LogP contribution in [0.5, 0.6) is 0 Å². The molecule has 2 N–H and O–H groups in total. The molecular formula is C24H22N2O4. The van der Waals surface area contributed by atoms with Crippen molar-refractivity contribution in [2.24, 2.45) is 0 Å². The van der Waals surface area contributed by atoms with Crippen molar-refractivity contribution < 1.29 is 19.1 Å². The van der Waals surface area contributed by atoms with Crippen molar-refractivity contribution in [2.45, 2.75) is 13.8 Å². The van der Waals surface area contributed by atoms with Gasteiger partial charge in [-0.3, -0.25) is 9.59 Å². The molecule has 0 aliphatic carbocycles. The Morgan fingerprint density at radius 2 is 1.47 bits per heavy atom. The summed E-state index contributed by atoms with van der Waals surface area (Å²) in [6.07, 6.45) is 0. The quantitative estimate of drug-likeness (QED) is 0.587. The van der Waals surface area contributed by atoms with E-state index in [1.54, 1.807) is 73.7 Å². The van der Waals surface area contributed by atoms with E-state index in [0.717, 1.165) is 5.56 Å². The van der Waals surface area contributed by atoms with Crippen LogP contribution in [0, 0.1) is 6.92 Å². The lowest BCUT2D eigenvalue weighted by atomic mass is 10.1. The fourth-order valence-electron chi connectivity index (χ4n) is 2.82. The summed E-state index contributed by atoms with van der Waals surface area (Å²) in [6.45, 7) is 3.86. The van der Waals surface area contributed by atoms with E-state index in [0.29, 0.717) is 28.1 Å². The molecule has 0 saturated heterocycles. The molecule has 6 heteroatoms. The number of benzene rings is 3. The highest BCUT2D eigenvalue weighted by Gasteiger charge is 2.13. The molecule has 2 amide bonds. The third kappa shape index (κ3) is 5.11. The van der Waals surface area contributed by atoms with Crippen LogP contribution in [0.1, 0.15) is 43.6 Å². The van der Waals surface area contributed by atoms with Gasteiger partial charge in [-0.15, -0.1) is 0 Å². The average Bonchev–Trinajstić information content (AvgIpc) is 2.76. The SMILES string of the molecule is CCOC(=O)c1cccc(NC(=O)c2ccc(C)c(NC(=O)c3ccccc3)c2)c1. The maximum atomic E-state index is 12.7. The zero-order valence-electron chi connectivity index (χ0n) is 16.8. The summed E-state index contributed by atoms with van der Waals surface area (Å²) in [5, 5.41) is 5.61. The van der Waals surface area contributed by atoms with E-state index in [1.165, 1.54) is 0 Å². The van der Waals surface area contributed by atoms with Crippen molar-refractivity contribution in [3.8, 4) is 0 Å². The Balaban J connectivity index is 1.76. The predicted molar refractivity (Wildman–Crippen MR) is 116 cm³/mol. The van der Waals surface area contributed by atoms with Crippen LogP contribution in [0.2, 0.25) is 0 Å². The summed E-state index contributed by atoms with van der Waals surface area (Å²) in [5.74, 6) is -1.06. The molecule has 0 bridgehead atoms. The van der Waals surface area contributed by atoms with Crippen LogP contribution in [0.3, 0.4) is 0 Å². The summed E-state index contributed by atoms with van der Waals surface area (Å²) in [5.41, 5.74) is 3.13. The molecule has 0 spiro atoms. The largest absolute Gasteiger partial charge is 0.462 e. The van der Waals surface area contributed by atoms with Crippen molar-refractivity contribution in [1.82, 2.24) is 0 Å². The summed E-state index contributed by atoms with van der Waals surface area (Å²) < 4.78 is 4.98. The summed E-state index contributed by atoms with van der Waals surface area (Å²) >= 11 is 0. The van der Waals surface area contributed by atoms with E-state index in [4.69, 9.17) is 4.74 Å². The molecule has 0 aliphatic rings. The molecule has 3 aromatic carbocycles. The molecule has 0 aliphatic heterocycles. The number of carbonyl (C=O) groups excluding carboxylic acids is 3. The Hall–Kier alpha value is -3.93. The zero-order valence-corrected chi connectivity index (χ0v) is 16.8. The van der Waals surface area contributed by atoms with E-state index in [-0.39, 0.29) is 18.4 Å². The Bertz CT molecular complexity index is 1080. The first-order valence-electron chi connectivity index (χ1n) is 9.53. The fraction of sp³-hybridized carbons (Fsp3) is 0.125. The normalized spacial score (nSPS) is 10.2. The predicted octanol–water partition coefficient (Wildman–Crippen LogP) is 4.68. The fourth-order valence-corrected chi connectivity index (χ4v) is 2.82. The van der Waals surface area contributed by atoms with Gasteiger partial charge in [0.25, 0.3) is 11.8 Å². The number of rotatable bonds is 6. The molecule has 6 nitrogen and oxygen atoms in total. The summed E-state index contributed by atoms with van der Waals surface area (Å²) in [7, 11) is 0. The van der Waals surface area contributed by atoms with Crippen LogP contribution >= 0.6 is 0 Å². The lowest BCUT2D eigenvalue weighted by Gasteiger charge is -2.12. The van der Waals surface area contributed by atoms with Crippen molar-refractivity contribution in [3.05, 3.63) is 95.1 Å². The second-order valence-electron chi connectivity index (χ2n) is 6.61. The van der Waals surface area contributed by atoms with E-state index >= 15 is 0 Å². The lowest BCUT2D eigenvalue weighted by Crippen LogP contribution is -2.16. The summed E-state index contributed by atoms with van der Waals surface area (Å²) in [6, 6.07) is 20.5. The molecule has 0 fully saturated rings. The number of amides is 2. The highest BCUT2D eigenvalue weighted by molar-refractivity contribution is 6.08. The number of hydrogen-bond donors (Lipinski definition) is 2. The van der Waals surface area contributed by atoms with Crippen LogP contribution in [0.15, 0.2) is 72.8 Å². The maximum absolute atomic E-state index is 12.7. The van der Waals surface area contributed by atoms with Gasteiger partial charge >= 0.3 is 5.97 Å². The first-order valence-corrected chi connectivity index (χ1v) is 9.53. The first-order chi connectivity index (χ1) is 14.5. The molecule has 3 aromatic rings. The number of esters is 1. The Morgan fingerprint density at radius 1 is 0.767 bits per heavy atom. The van der Waals surface area contributed by atoms with E-state index in [9.17, 15) is 14.4 Å². The van der Waals surface area contributed by atoms with Crippen molar-refractivity contribution in [2.75, 3.05) is 17.2 Å². The topological polar surface area (TPSA) is 84.5 Å². The van der Waals surface area contributed by atoms with Crippen molar-refractivity contribution in [3.63, 3.8) is 0 Å². The van der Waals surface area contributed by atoms with Gasteiger partial charge in [-0.05, 0) is 61.9 Å². The monoisotopic (exact) mass is 402 g/mol. The molecule has 0 unspecified atom stereocenters. The molecule has 30 heavy (non-hydrogen) atoms. The smallest absolute Gasteiger partial charge is 0.338 e. The van der Waals surface area contributed by atoms with Gasteiger partial charge < -0.3 is 15.4 Å². The molecule has 152 valence electrons. The van der Waals surface area contributed by atoms with Gasteiger partial charge in [0.05, 0.1) is 12.2 Å². The van der Waals surface area contributed by atoms with Gasteiger partial charge in [-0.2, -0.15) is 0 Å². The molecule has 0 heterocycles. The van der Waals surface area contributed by atoms with E-state index in [1.807, 2.05) is 13.0 Å². The Morgan fingerprint density at radius 3 is 2.20 bits per heavy atom. The van der Waals surface area contributed by atoms with Crippen LogP contribution in [0.4, 0.5) is 11.4 Å². The molecule has 0 atom stereocenters. The number of aryl methyl sites for hydroxylation is 1. The minimum atomic E-state index is -0.449.